The third-order valence-electron chi connectivity index (χ3n) is 3.75. The van der Waals surface area contributed by atoms with E-state index in [0.717, 1.165) is 12.8 Å². The monoisotopic (exact) mass is 332 g/mol. The van der Waals surface area contributed by atoms with E-state index >= 15 is 0 Å². The molecule has 1 N–H and O–H groups in total. The first-order valence-electron chi connectivity index (χ1n) is 8.08. The van der Waals surface area contributed by atoms with Crippen molar-refractivity contribution in [2.24, 2.45) is 0 Å². The highest BCUT2D eigenvalue weighted by Gasteiger charge is 2.32. The number of nitrogens with zero attached hydrogens (tertiary/aromatic N) is 1. The number of hydrogen-bond donors (Lipinski definition) is 1. The second-order valence-electron chi connectivity index (χ2n) is 5.60. The number of carbonyl (C=O) groups is 2. The molecule has 1 fully saturated rings. The Morgan fingerprint density at radius 3 is 2.67 bits per heavy atom. The molecule has 130 valence electrons. The number of rotatable bonds is 10. The molecule has 6 heteroatoms. The molecule has 1 aliphatic rings. The van der Waals surface area contributed by atoms with E-state index < -0.39 is 0 Å². The Hall–Kier alpha value is -2.50. The average molecular weight is 332 g/mol. The minimum atomic E-state index is -0.111. The van der Waals surface area contributed by atoms with E-state index in [-0.39, 0.29) is 30.9 Å². The molecule has 1 saturated carbocycles. The normalized spacial score (nSPS) is 13.0. The van der Waals surface area contributed by atoms with Crippen LogP contribution < -0.4 is 14.8 Å². The van der Waals surface area contributed by atoms with Crippen LogP contribution in [0.3, 0.4) is 0 Å². The molecule has 0 bridgehead atoms. The van der Waals surface area contributed by atoms with Gasteiger partial charge in [0.2, 0.25) is 5.91 Å². The van der Waals surface area contributed by atoms with Gasteiger partial charge in [-0.15, -0.1) is 6.58 Å². The zero-order valence-corrected chi connectivity index (χ0v) is 14.0. The van der Waals surface area contributed by atoms with Crippen molar-refractivity contribution in [1.29, 1.82) is 0 Å². The molecular weight excluding hydrogens is 308 g/mol. The molecule has 2 rings (SSSR count). The summed E-state index contributed by atoms with van der Waals surface area (Å²) in [4.78, 5) is 25.9. The molecule has 0 saturated heterocycles. The minimum Gasteiger partial charge on any atom is -0.493 e. The molecular formula is C18H24N2O4. The van der Waals surface area contributed by atoms with Crippen LogP contribution in [0.5, 0.6) is 11.5 Å². The Balaban J connectivity index is 1.85. The molecule has 1 aromatic rings. The summed E-state index contributed by atoms with van der Waals surface area (Å²) in [7, 11) is 1.56. The Labute approximate surface area is 142 Å². The Bertz CT molecular complexity index is 584. The van der Waals surface area contributed by atoms with Crippen LogP contribution in [-0.2, 0) is 9.59 Å². The zero-order valence-electron chi connectivity index (χ0n) is 14.0. The molecule has 0 heterocycles. The lowest BCUT2D eigenvalue weighted by Gasteiger charge is -2.22. The minimum absolute atomic E-state index is 0.0643. The number of benzene rings is 1. The van der Waals surface area contributed by atoms with Crippen LogP contribution >= 0.6 is 0 Å². The standard InChI is InChI=1S/C18H24N2O4/c1-3-11-19-17(21)10-12-20(14-8-9-14)18(22)13-24-16-7-5-4-6-15(16)23-2/h3-7,14H,1,8-13H2,2H3,(H,19,21). The molecule has 0 unspecified atom stereocenters. The van der Waals surface area contributed by atoms with Gasteiger partial charge in [-0.2, -0.15) is 0 Å². The lowest BCUT2D eigenvalue weighted by atomic mass is 10.3. The van der Waals surface area contributed by atoms with Crippen molar-refractivity contribution in [3.05, 3.63) is 36.9 Å². The van der Waals surface area contributed by atoms with Gasteiger partial charge in [0.25, 0.3) is 5.91 Å². The van der Waals surface area contributed by atoms with E-state index in [2.05, 4.69) is 11.9 Å². The third-order valence-corrected chi connectivity index (χ3v) is 3.75. The van der Waals surface area contributed by atoms with Gasteiger partial charge < -0.3 is 19.7 Å². The van der Waals surface area contributed by atoms with Crippen LogP contribution in [0.1, 0.15) is 19.3 Å². The van der Waals surface area contributed by atoms with E-state index in [9.17, 15) is 9.59 Å². The number of hydrogen-bond acceptors (Lipinski definition) is 4. The molecule has 24 heavy (non-hydrogen) atoms. The van der Waals surface area contributed by atoms with E-state index in [0.29, 0.717) is 24.6 Å². The predicted octanol–water partition coefficient (Wildman–Crippen LogP) is 1.76. The second-order valence-corrected chi connectivity index (χ2v) is 5.60. The average Bonchev–Trinajstić information content (AvgIpc) is 3.43. The quantitative estimate of drug-likeness (QED) is 0.663. The lowest BCUT2D eigenvalue weighted by Crippen LogP contribution is -2.39. The van der Waals surface area contributed by atoms with Crippen molar-refractivity contribution >= 4 is 11.8 Å². The number of amides is 2. The molecule has 2 amide bonds. The van der Waals surface area contributed by atoms with E-state index in [4.69, 9.17) is 9.47 Å². The highest BCUT2D eigenvalue weighted by atomic mass is 16.5. The fourth-order valence-electron chi connectivity index (χ4n) is 2.35. The largest absolute Gasteiger partial charge is 0.493 e. The van der Waals surface area contributed by atoms with Gasteiger partial charge in [0, 0.05) is 25.6 Å². The molecule has 0 aliphatic heterocycles. The summed E-state index contributed by atoms with van der Waals surface area (Å²) >= 11 is 0. The fraction of sp³-hybridized carbons (Fsp3) is 0.444. The Morgan fingerprint density at radius 1 is 1.33 bits per heavy atom. The van der Waals surface area contributed by atoms with Crippen LogP contribution in [0.25, 0.3) is 0 Å². The van der Waals surface area contributed by atoms with Gasteiger partial charge in [-0.05, 0) is 25.0 Å². The highest BCUT2D eigenvalue weighted by Crippen LogP contribution is 2.28. The van der Waals surface area contributed by atoms with Gasteiger partial charge in [-0.25, -0.2) is 0 Å². The van der Waals surface area contributed by atoms with Crippen LogP contribution in [0.2, 0.25) is 0 Å². The fourth-order valence-corrected chi connectivity index (χ4v) is 2.35. The first kappa shape index (κ1) is 17.8. The summed E-state index contributed by atoms with van der Waals surface area (Å²) in [5.41, 5.74) is 0. The summed E-state index contributed by atoms with van der Waals surface area (Å²) in [6, 6.07) is 7.43. The summed E-state index contributed by atoms with van der Waals surface area (Å²) in [6.07, 6.45) is 3.87. The smallest absolute Gasteiger partial charge is 0.260 e. The van der Waals surface area contributed by atoms with Crippen molar-refractivity contribution in [3.63, 3.8) is 0 Å². The first-order valence-corrected chi connectivity index (χ1v) is 8.08. The molecule has 0 spiro atoms. The Morgan fingerprint density at radius 2 is 2.04 bits per heavy atom. The van der Waals surface area contributed by atoms with Gasteiger partial charge in [-0.1, -0.05) is 18.2 Å². The summed E-state index contributed by atoms with van der Waals surface area (Å²) in [5.74, 6) is 0.929. The lowest BCUT2D eigenvalue weighted by molar-refractivity contribution is -0.134. The van der Waals surface area contributed by atoms with E-state index in [1.54, 1.807) is 30.2 Å². The summed E-state index contributed by atoms with van der Waals surface area (Å²) in [6.45, 7) is 4.33. The highest BCUT2D eigenvalue weighted by molar-refractivity contribution is 5.80. The number of ether oxygens (including phenoxy) is 2. The zero-order chi connectivity index (χ0) is 17.4. The topological polar surface area (TPSA) is 67.9 Å². The maximum atomic E-state index is 12.4. The third kappa shape index (κ3) is 5.30. The molecule has 0 radical (unpaired) electrons. The summed E-state index contributed by atoms with van der Waals surface area (Å²) in [5, 5.41) is 2.72. The van der Waals surface area contributed by atoms with Crippen molar-refractivity contribution < 1.29 is 19.1 Å². The maximum Gasteiger partial charge on any atom is 0.260 e. The number of carbonyl (C=O) groups excluding carboxylic acids is 2. The van der Waals surface area contributed by atoms with E-state index in [1.807, 2.05) is 12.1 Å². The molecule has 6 nitrogen and oxygen atoms in total. The SMILES string of the molecule is C=CCNC(=O)CCN(C(=O)COc1ccccc1OC)C1CC1. The number of nitrogens with one attached hydrogen (secondary N) is 1. The molecule has 0 atom stereocenters. The van der Waals surface area contributed by atoms with Gasteiger partial charge >= 0.3 is 0 Å². The second kappa shape index (κ2) is 8.96. The first-order chi connectivity index (χ1) is 11.7. The summed E-state index contributed by atoms with van der Waals surface area (Å²) < 4.78 is 10.8. The van der Waals surface area contributed by atoms with Crippen LogP contribution in [0.15, 0.2) is 36.9 Å². The van der Waals surface area contributed by atoms with Gasteiger partial charge in [0.05, 0.1) is 7.11 Å². The van der Waals surface area contributed by atoms with Crippen LogP contribution in [0, 0.1) is 0 Å². The van der Waals surface area contributed by atoms with Gasteiger partial charge in [-0.3, -0.25) is 9.59 Å². The molecule has 1 aliphatic carbocycles. The number of para-hydroxylation sites is 2. The predicted molar refractivity (Wildman–Crippen MR) is 91.0 cm³/mol. The van der Waals surface area contributed by atoms with Crippen molar-refractivity contribution in [2.45, 2.75) is 25.3 Å². The van der Waals surface area contributed by atoms with Crippen molar-refractivity contribution in [2.75, 3.05) is 26.8 Å². The molecule has 1 aromatic carbocycles. The van der Waals surface area contributed by atoms with Crippen molar-refractivity contribution in [3.8, 4) is 11.5 Å². The number of methoxy groups -OCH3 is 1. The maximum absolute atomic E-state index is 12.4. The van der Waals surface area contributed by atoms with Gasteiger partial charge in [0.1, 0.15) is 0 Å². The van der Waals surface area contributed by atoms with Crippen LogP contribution in [0.4, 0.5) is 0 Å². The Kier molecular flexibility index (Phi) is 6.66. The van der Waals surface area contributed by atoms with Crippen molar-refractivity contribution in [1.82, 2.24) is 10.2 Å². The molecule has 0 aromatic heterocycles. The van der Waals surface area contributed by atoms with Crippen LogP contribution in [-0.4, -0.2) is 49.6 Å². The van der Waals surface area contributed by atoms with Gasteiger partial charge in [0.15, 0.2) is 18.1 Å². The van der Waals surface area contributed by atoms with E-state index in [1.165, 1.54) is 0 Å².